The zero-order valence-electron chi connectivity index (χ0n) is 14.9. The molecule has 1 aromatic carbocycles. The molecule has 1 N–H and O–H groups in total. The van der Waals surface area contributed by atoms with E-state index in [1.807, 2.05) is 0 Å². The van der Waals surface area contributed by atoms with Crippen molar-refractivity contribution < 1.29 is 33.8 Å². The van der Waals surface area contributed by atoms with E-state index in [2.05, 4.69) is 0 Å². The van der Waals surface area contributed by atoms with Crippen molar-refractivity contribution in [1.29, 1.82) is 0 Å². The number of ether oxygens (including phenoxy) is 2. The standard InChI is InChI=1S/C19H19NO7/c1-3-26-17(24)19(18(25)27-4-2)12-10-13(21)20(12)15(16(22)23)14(19)11-8-6-5-7-9-11/h5-9,12H,3-4,10H2,1-2H3,(H,22,23)/t12-/m0/s1. The molecule has 2 aliphatic heterocycles. The van der Waals surface area contributed by atoms with Crippen LogP contribution in [0.25, 0.3) is 5.57 Å². The summed E-state index contributed by atoms with van der Waals surface area (Å²) in [4.78, 5) is 51.3. The van der Waals surface area contributed by atoms with E-state index in [9.17, 15) is 24.3 Å². The Morgan fingerprint density at radius 2 is 1.67 bits per heavy atom. The third kappa shape index (κ3) is 2.51. The van der Waals surface area contributed by atoms with Gasteiger partial charge in [-0.1, -0.05) is 30.3 Å². The van der Waals surface area contributed by atoms with Crippen LogP contribution < -0.4 is 0 Å². The summed E-state index contributed by atoms with van der Waals surface area (Å²) in [6.45, 7) is 3.15. The number of carboxylic acids is 1. The fraction of sp³-hybridized carbons (Fsp3) is 0.368. The molecule has 1 aromatic rings. The number of esters is 2. The van der Waals surface area contributed by atoms with Gasteiger partial charge < -0.3 is 14.6 Å². The Kier molecular flexibility index (Phi) is 4.73. The van der Waals surface area contributed by atoms with Gasteiger partial charge in [-0.2, -0.15) is 0 Å². The summed E-state index contributed by atoms with van der Waals surface area (Å²) in [5.41, 5.74) is -2.14. The number of hydrogen-bond acceptors (Lipinski definition) is 6. The molecule has 1 saturated heterocycles. The summed E-state index contributed by atoms with van der Waals surface area (Å²) in [5, 5.41) is 9.78. The number of carbonyl (C=O) groups is 4. The molecule has 0 bridgehead atoms. The summed E-state index contributed by atoms with van der Waals surface area (Å²) < 4.78 is 10.3. The van der Waals surface area contributed by atoms with Crippen molar-refractivity contribution in [3.63, 3.8) is 0 Å². The second-order valence-corrected chi connectivity index (χ2v) is 6.13. The number of benzene rings is 1. The van der Waals surface area contributed by atoms with Crippen molar-refractivity contribution in [3.8, 4) is 0 Å². The van der Waals surface area contributed by atoms with Gasteiger partial charge >= 0.3 is 17.9 Å². The Morgan fingerprint density at radius 1 is 1.11 bits per heavy atom. The normalized spacial score (nSPS) is 20.0. The quantitative estimate of drug-likeness (QED) is 0.453. The molecule has 3 rings (SSSR count). The van der Waals surface area contributed by atoms with Gasteiger partial charge in [-0.3, -0.25) is 19.3 Å². The molecule has 2 heterocycles. The lowest BCUT2D eigenvalue weighted by atomic mass is 9.70. The third-order valence-electron chi connectivity index (χ3n) is 4.78. The molecule has 1 atom stereocenters. The van der Waals surface area contributed by atoms with E-state index in [0.29, 0.717) is 5.56 Å². The topological polar surface area (TPSA) is 110 Å². The minimum Gasteiger partial charge on any atom is -0.477 e. The summed E-state index contributed by atoms with van der Waals surface area (Å²) in [7, 11) is 0. The molecule has 0 spiro atoms. The lowest BCUT2D eigenvalue weighted by Crippen LogP contribution is -2.61. The van der Waals surface area contributed by atoms with Crippen molar-refractivity contribution >= 4 is 29.4 Å². The maximum Gasteiger partial charge on any atom is 0.352 e. The summed E-state index contributed by atoms with van der Waals surface area (Å²) >= 11 is 0. The van der Waals surface area contributed by atoms with E-state index >= 15 is 0 Å². The van der Waals surface area contributed by atoms with Crippen molar-refractivity contribution in [3.05, 3.63) is 41.6 Å². The molecule has 0 unspecified atom stereocenters. The van der Waals surface area contributed by atoms with Crippen LogP contribution in [-0.2, 0) is 28.7 Å². The van der Waals surface area contributed by atoms with Gasteiger partial charge in [0.25, 0.3) is 0 Å². The average molecular weight is 373 g/mol. The van der Waals surface area contributed by atoms with Crippen LogP contribution in [0.2, 0.25) is 0 Å². The summed E-state index contributed by atoms with van der Waals surface area (Å²) in [6, 6.07) is 7.21. The minimum atomic E-state index is -2.03. The number of rotatable bonds is 6. The summed E-state index contributed by atoms with van der Waals surface area (Å²) in [6.07, 6.45) is -0.148. The van der Waals surface area contributed by atoms with E-state index in [1.54, 1.807) is 44.2 Å². The number of carbonyl (C=O) groups excluding carboxylic acids is 3. The van der Waals surface area contributed by atoms with Crippen LogP contribution in [0.15, 0.2) is 36.0 Å². The van der Waals surface area contributed by atoms with Crippen LogP contribution in [0, 0.1) is 5.41 Å². The maximum atomic E-state index is 13.0. The van der Waals surface area contributed by atoms with Gasteiger partial charge in [0.2, 0.25) is 11.3 Å². The number of nitrogens with zero attached hydrogens (tertiary/aromatic N) is 1. The molecule has 27 heavy (non-hydrogen) atoms. The monoisotopic (exact) mass is 373 g/mol. The van der Waals surface area contributed by atoms with Gasteiger partial charge in [0, 0.05) is 5.57 Å². The van der Waals surface area contributed by atoms with Gasteiger partial charge in [-0.15, -0.1) is 0 Å². The molecule has 8 nitrogen and oxygen atoms in total. The molecule has 142 valence electrons. The zero-order chi connectivity index (χ0) is 19.8. The minimum absolute atomic E-state index is 0.00880. The predicted octanol–water partition coefficient (Wildman–Crippen LogP) is 1.21. The molecule has 1 amide bonds. The second kappa shape index (κ2) is 6.86. The number of amides is 1. The van der Waals surface area contributed by atoms with Crippen molar-refractivity contribution in [1.82, 2.24) is 4.90 Å². The highest BCUT2D eigenvalue weighted by molar-refractivity contribution is 6.21. The largest absolute Gasteiger partial charge is 0.477 e. The van der Waals surface area contributed by atoms with Crippen LogP contribution in [-0.4, -0.2) is 53.1 Å². The highest BCUT2D eigenvalue weighted by Gasteiger charge is 2.71. The molecular weight excluding hydrogens is 354 g/mol. The Bertz CT molecular complexity index is 825. The van der Waals surface area contributed by atoms with Crippen molar-refractivity contribution in [2.24, 2.45) is 5.41 Å². The van der Waals surface area contributed by atoms with Crippen molar-refractivity contribution in [2.75, 3.05) is 13.2 Å². The number of aliphatic carboxylic acids is 1. The van der Waals surface area contributed by atoms with Crippen LogP contribution >= 0.6 is 0 Å². The highest BCUT2D eigenvalue weighted by atomic mass is 16.6. The molecule has 2 aliphatic rings. The van der Waals surface area contributed by atoms with Crippen molar-refractivity contribution in [2.45, 2.75) is 26.3 Å². The second-order valence-electron chi connectivity index (χ2n) is 6.13. The zero-order valence-corrected chi connectivity index (χ0v) is 14.9. The molecule has 0 radical (unpaired) electrons. The van der Waals surface area contributed by atoms with E-state index in [4.69, 9.17) is 9.47 Å². The lowest BCUT2D eigenvalue weighted by molar-refractivity contribution is -0.175. The average Bonchev–Trinajstić information content (AvgIpc) is 2.89. The van der Waals surface area contributed by atoms with Gasteiger partial charge in [-0.05, 0) is 19.4 Å². The molecular formula is C19H19NO7. The lowest BCUT2D eigenvalue weighted by Gasteiger charge is -2.42. The predicted molar refractivity (Wildman–Crippen MR) is 91.9 cm³/mol. The van der Waals surface area contributed by atoms with E-state index in [0.717, 1.165) is 4.90 Å². The maximum absolute atomic E-state index is 13.0. The van der Waals surface area contributed by atoms with E-state index in [-0.39, 0.29) is 30.9 Å². The molecule has 0 aliphatic carbocycles. The van der Waals surface area contributed by atoms with Gasteiger partial charge in [0.15, 0.2) is 0 Å². The number of β-lactam (4-membered cyclic amide) rings is 1. The molecule has 0 aromatic heterocycles. The number of hydrogen-bond donors (Lipinski definition) is 1. The van der Waals surface area contributed by atoms with Crippen LogP contribution in [0.5, 0.6) is 0 Å². The Hall–Kier alpha value is -3.16. The molecule has 0 saturated carbocycles. The summed E-state index contributed by atoms with van der Waals surface area (Å²) in [5.74, 6) is -3.70. The highest BCUT2D eigenvalue weighted by Crippen LogP contribution is 2.56. The first-order chi connectivity index (χ1) is 12.9. The first-order valence-electron chi connectivity index (χ1n) is 8.61. The fourth-order valence-electron chi connectivity index (χ4n) is 3.75. The number of fused-ring (bicyclic) bond motifs is 1. The van der Waals surface area contributed by atoms with Gasteiger partial charge in [0.1, 0.15) is 5.70 Å². The first-order valence-corrected chi connectivity index (χ1v) is 8.61. The number of carboxylic acid groups (broad SMARTS) is 1. The fourth-order valence-corrected chi connectivity index (χ4v) is 3.75. The van der Waals surface area contributed by atoms with Crippen LogP contribution in [0.3, 0.4) is 0 Å². The van der Waals surface area contributed by atoms with E-state index in [1.165, 1.54) is 0 Å². The van der Waals surface area contributed by atoms with Gasteiger partial charge in [-0.25, -0.2) is 4.79 Å². The first kappa shape index (κ1) is 18.6. The third-order valence-corrected chi connectivity index (χ3v) is 4.78. The van der Waals surface area contributed by atoms with E-state index < -0.39 is 35.3 Å². The van der Waals surface area contributed by atoms with Crippen LogP contribution in [0.4, 0.5) is 0 Å². The van der Waals surface area contributed by atoms with Gasteiger partial charge in [0.05, 0.1) is 25.7 Å². The Labute approximate surface area is 155 Å². The Balaban J connectivity index is 2.35. The van der Waals surface area contributed by atoms with Crippen LogP contribution in [0.1, 0.15) is 25.8 Å². The molecule has 1 fully saturated rings. The smallest absolute Gasteiger partial charge is 0.352 e. The molecule has 8 heteroatoms. The SMILES string of the molecule is CCOC(=O)C1(C(=O)OCC)C(c2ccccc2)=C(C(=O)O)N2C(=O)C[C@H]21. The Morgan fingerprint density at radius 3 is 2.11 bits per heavy atom.